The van der Waals surface area contributed by atoms with Crippen molar-refractivity contribution < 1.29 is 0 Å². The molecule has 20 heavy (non-hydrogen) atoms. The summed E-state index contributed by atoms with van der Waals surface area (Å²) in [5.41, 5.74) is 11.4. The minimum Gasteiger partial charge on any atom is -0.320 e. The van der Waals surface area contributed by atoms with Gasteiger partial charge in [0.1, 0.15) is 0 Å². The Hall–Kier alpha value is -1.16. The topological polar surface area (TPSA) is 26.0 Å². The van der Waals surface area contributed by atoms with E-state index >= 15 is 0 Å². The first-order valence-electron chi connectivity index (χ1n) is 6.55. The van der Waals surface area contributed by atoms with Gasteiger partial charge in [0.05, 0.1) is 6.04 Å². The second-order valence-corrected chi connectivity index (χ2v) is 6.94. The minimum atomic E-state index is -0.0725. The van der Waals surface area contributed by atoms with E-state index in [2.05, 4.69) is 71.6 Å². The van der Waals surface area contributed by atoms with Gasteiger partial charge in [-0.3, -0.25) is 0 Å². The molecule has 0 saturated carbocycles. The van der Waals surface area contributed by atoms with E-state index in [-0.39, 0.29) is 6.04 Å². The van der Waals surface area contributed by atoms with Crippen LogP contribution in [0.5, 0.6) is 0 Å². The summed E-state index contributed by atoms with van der Waals surface area (Å²) in [5, 5.41) is 3.42. The van der Waals surface area contributed by atoms with Crippen LogP contribution in [-0.4, -0.2) is 0 Å². The molecule has 102 valence electrons. The van der Waals surface area contributed by atoms with Crippen molar-refractivity contribution in [3.8, 4) is 0 Å². The van der Waals surface area contributed by atoms with Crippen molar-refractivity contribution in [3.63, 3.8) is 0 Å². The molecule has 0 aliphatic heterocycles. The maximum atomic E-state index is 6.51. The highest BCUT2D eigenvalue weighted by molar-refractivity contribution is 9.10. The van der Waals surface area contributed by atoms with Gasteiger partial charge >= 0.3 is 0 Å². The normalized spacial score (nSPS) is 12.8. The van der Waals surface area contributed by atoms with Crippen LogP contribution < -0.4 is 5.73 Å². The quantitative estimate of drug-likeness (QED) is 0.667. The van der Waals surface area contributed by atoms with Crippen LogP contribution in [0, 0.1) is 13.8 Å². The first kappa shape index (κ1) is 13.8. The number of nitrogens with two attached hydrogens (primary N) is 1. The minimum absolute atomic E-state index is 0.0725. The van der Waals surface area contributed by atoms with Crippen molar-refractivity contribution in [3.05, 3.63) is 68.5 Å². The molecule has 2 N–H and O–H groups in total. The summed E-state index contributed by atoms with van der Waals surface area (Å²) < 4.78 is 2.40. The monoisotopic (exact) mass is 345 g/mol. The van der Waals surface area contributed by atoms with Crippen molar-refractivity contribution in [2.75, 3.05) is 0 Å². The number of aryl methyl sites for hydroxylation is 2. The predicted octanol–water partition coefficient (Wildman–Crippen LogP) is 5.33. The summed E-state index contributed by atoms with van der Waals surface area (Å²) >= 11 is 5.35. The largest absolute Gasteiger partial charge is 0.320 e. The molecule has 0 bridgehead atoms. The summed E-state index contributed by atoms with van der Waals surface area (Å²) in [4.78, 5) is 0. The van der Waals surface area contributed by atoms with Crippen molar-refractivity contribution in [2.45, 2.75) is 19.9 Å². The molecule has 0 spiro atoms. The maximum Gasteiger partial charge on any atom is 0.0566 e. The number of hydrogen-bond donors (Lipinski definition) is 1. The fourth-order valence-corrected chi connectivity index (χ4v) is 4.31. The third-order valence-corrected chi connectivity index (χ3v) is 5.49. The van der Waals surface area contributed by atoms with E-state index in [1.165, 1.54) is 32.3 Å². The van der Waals surface area contributed by atoms with Crippen LogP contribution in [-0.2, 0) is 0 Å². The van der Waals surface area contributed by atoms with Crippen LogP contribution >= 0.6 is 27.3 Å². The Morgan fingerprint density at radius 2 is 1.80 bits per heavy atom. The molecule has 1 nitrogen and oxygen atoms in total. The SMILES string of the molecule is Cc1cc(C)cc(C(N)c2csc3c(Br)cccc23)c1. The van der Waals surface area contributed by atoms with Crippen molar-refractivity contribution in [2.24, 2.45) is 5.73 Å². The van der Waals surface area contributed by atoms with Crippen molar-refractivity contribution >= 4 is 37.4 Å². The Bertz CT molecular complexity index is 756. The van der Waals surface area contributed by atoms with Crippen LogP contribution in [0.3, 0.4) is 0 Å². The Labute approximate surface area is 131 Å². The van der Waals surface area contributed by atoms with E-state index in [9.17, 15) is 0 Å². The van der Waals surface area contributed by atoms with Crippen molar-refractivity contribution in [1.82, 2.24) is 0 Å². The second kappa shape index (κ2) is 5.32. The number of halogens is 1. The molecule has 0 aliphatic rings. The summed E-state index contributed by atoms with van der Waals surface area (Å²) in [7, 11) is 0. The molecule has 2 aromatic carbocycles. The molecule has 1 heterocycles. The highest BCUT2D eigenvalue weighted by Crippen LogP contribution is 2.36. The lowest BCUT2D eigenvalue weighted by Crippen LogP contribution is -2.11. The fraction of sp³-hybridized carbons (Fsp3) is 0.176. The molecule has 3 rings (SSSR count). The lowest BCUT2D eigenvalue weighted by molar-refractivity contribution is 0.881. The first-order chi connectivity index (χ1) is 9.56. The summed E-state index contributed by atoms with van der Waals surface area (Å²) in [6.07, 6.45) is 0. The molecule has 1 unspecified atom stereocenters. The third kappa shape index (κ3) is 2.41. The van der Waals surface area contributed by atoms with Crippen LogP contribution in [0.1, 0.15) is 28.3 Å². The first-order valence-corrected chi connectivity index (χ1v) is 8.23. The second-order valence-electron chi connectivity index (χ2n) is 5.21. The molecular weight excluding hydrogens is 330 g/mol. The molecule has 0 radical (unpaired) electrons. The van der Waals surface area contributed by atoms with Crippen LogP contribution in [0.4, 0.5) is 0 Å². The van der Waals surface area contributed by atoms with Gasteiger partial charge in [0.2, 0.25) is 0 Å². The number of rotatable bonds is 2. The van der Waals surface area contributed by atoms with E-state index in [4.69, 9.17) is 5.73 Å². The Morgan fingerprint density at radius 1 is 1.10 bits per heavy atom. The van der Waals surface area contributed by atoms with E-state index in [0.717, 1.165) is 4.47 Å². The number of benzene rings is 2. The third-order valence-electron chi connectivity index (χ3n) is 3.52. The van der Waals surface area contributed by atoms with Gasteiger partial charge in [0, 0.05) is 9.17 Å². The molecule has 0 fully saturated rings. The van der Waals surface area contributed by atoms with Gasteiger partial charge in [-0.05, 0) is 57.7 Å². The molecule has 3 heteroatoms. The van der Waals surface area contributed by atoms with Crippen LogP contribution in [0.2, 0.25) is 0 Å². The lowest BCUT2D eigenvalue weighted by atomic mass is 9.96. The van der Waals surface area contributed by atoms with Gasteiger partial charge < -0.3 is 5.73 Å². The van der Waals surface area contributed by atoms with Gasteiger partial charge in [-0.15, -0.1) is 11.3 Å². The van der Waals surface area contributed by atoms with Crippen molar-refractivity contribution in [1.29, 1.82) is 0 Å². The highest BCUT2D eigenvalue weighted by atomic mass is 79.9. The molecule has 0 saturated heterocycles. The van der Waals surface area contributed by atoms with E-state index < -0.39 is 0 Å². The van der Waals surface area contributed by atoms with Crippen LogP contribution in [0.15, 0.2) is 46.3 Å². The van der Waals surface area contributed by atoms with E-state index in [1.807, 2.05) is 0 Å². The maximum absolute atomic E-state index is 6.51. The van der Waals surface area contributed by atoms with E-state index in [1.54, 1.807) is 11.3 Å². The predicted molar refractivity (Wildman–Crippen MR) is 91.5 cm³/mol. The standard InChI is InChI=1S/C17H16BrNS/c1-10-6-11(2)8-12(7-10)16(19)14-9-20-17-13(14)4-3-5-15(17)18/h3-9,16H,19H2,1-2H3. The zero-order valence-corrected chi connectivity index (χ0v) is 13.9. The molecular formula is C17H16BrNS. The summed E-state index contributed by atoms with van der Waals surface area (Å²) in [5.74, 6) is 0. The Balaban J connectivity index is 2.13. The van der Waals surface area contributed by atoms with Gasteiger partial charge in [0.15, 0.2) is 0 Å². The van der Waals surface area contributed by atoms with Gasteiger partial charge in [0.25, 0.3) is 0 Å². The molecule has 1 atom stereocenters. The smallest absolute Gasteiger partial charge is 0.0566 e. The average Bonchev–Trinajstić information content (AvgIpc) is 2.82. The fourth-order valence-electron chi connectivity index (χ4n) is 2.65. The summed E-state index contributed by atoms with van der Waals surface area (Å²) in [6.45, 7) is 4.23. The zero-order chi connectivity index (χ0) is 14.3. The van der Waals surface area contributed by atoms with Gasteiger partial charge in [-0.1, -0.05) is 41.5 Å². The Morgan fingerprint density at radius 3 is 2.50 bits per heavy atom. The summed E-state index contributed by atoms with van der Waals surface area (Å²) in [6, 6.07) is 12.8. The Kier molecular flexibility index (Phi) is 3.67. The van der Waals surface area contributed by atoms with Gasteiger partial charge in [-0.2, -0.15) is 0 Å². The molecule has 3 aromatic rings. The molecule has 0 amide bonds. The average molecular weight is 346 g/mol. The lowest BCUT2D eigenvalue weighted by Gasteiger charge is -2.13. The van der Waals surface area contributed by atoms with Crippen LogP contribution in [0.25, 0.3) is 10.1 Å². The zero-order valence-electron chi connectivity index (χ0n) is 11.5. The number of hydrogen-bond acceptors (Lipinski definition) is 2. The molecule has 0 aliphatic carbocycles. The number of fused-ring (bicyclic) bond motifs is 1. The molecule has 1 aromatic heterocycles. The van der Waals surface area contributed by atoms with Gasteiger partial charge in [-0.25, -0.2) is 0 Å². The number of thiophene rings is 1. The highest BCUT2D eigenvalue weighted by Gasteiger charge is 2.15. The van der Waals surface area contributed by atoms with E-state index in [0.29, 0.717) is 0 Å².